The average Bonchev–Trinajstić information content (AvgIpc) is 2.81. The number of carbonyl (C=O) groups excluding carboxylic acids is 2. The van der Waals surface area contributed by atoms with Gasteiger partial charge in [0.2, 0.25) is 21.8 Å². The van der Waals surface area contributed by atoms with Crippen molar-refractivity contribution in [3.05, 3.63) is 65.7 Å². The molecular formula is C28H41N3O4S. The van der Waals surface area contributed by atoms with E-state index in [0.717, 1.165) is 28.1 Å². The van der Waals surface area contributed by atoms with Crippen LogP contribution in [-0.4, -0.2) is 50.0 Å². The molecule has 0 radical (unpaired) electrons. The number of sulfonamides is 1. The van der Waals surface area contributed by atoms with Crippen molar-refractivity contribution in [1.29, 1.82) is 0 Å². The molecule has 0 saturated carbocycles. The van der Waals surface area contributed by atoms with Gasteiger partial charge in [0.25, 0.3) is 0 Å². The molecule has 0 aliphatic heterocycles. The zero-order valence-corrected chi connectivity index (χ0v) is 23.4. The third-order valence-electron chi connectivity index (χ3n) is 6.28. The lowest BCUT2D eigenvalue weighted by Crippen LogP contribution is -2.53. The molecule has 0 unspecified atom stereocenters. The Balaban J connectivity index is 2.42. The molecule has 2 atom stereocenters. The van der Waals surface area contributed by atoms with Crippen molar-refractivity contribution in [2.45, 2.75) is 78.4 Å². The smallest absolute Gasteiger partial charge is 0.244 e. The highest BCUT2D eigenvalue weighted by Gasteiger charge is 2.32. The lowest BCUT2D eigenvalue weighted by molar-refractivity contribution is -0.140. The monoisotopic (exact) mass is 515 g/mol. The highest BCUT2D eigenvalue weighted by molar-refractivity contribution is 7.92. The summed E-state index contributed by atoms with van der Waals surface area (Å²) < 4.78 is 26.6. The summed E-state index contributed by atoms with van der Waals surface area (Å²) in [6.45, 7) is 11.8. The molecule has 0 spiro atoms. The molecule has 2 amide bonds. The highest BCUT2D eigenvalue weighted by Crippen LogP contribution is 2.26. The first kappa shape index (κ1) is 29.4. The molecule has 0 saturated heterocycles. The van der Waals surface area contributed by atoms with Crippen LogP contribution in [-0.2, 0) is 31.6 Å². The van der Waals surface area contributed by atoms with E-state index in [1.165, 1.54) is 4.90 Å². The van der Waals surface area contributed by atoms with E-state index < -0.39 is 28.5 Å². The van der Waals surface area contributed by atoms with Crippen LogP contribution in [0.3, 0.4) is 0 Å². The Kier molecular flexibility index (Phi) is 10.1. The summed E-state index contributed by atoms with van der Waals surface area (Å²) in [5.74, 6) is -0.674. The molecule has 1 N–H and O–H groups in total. The Labute approximate surface area is 216 Å². The molecule has 0 fully saturated rings. The van der Waals surface area contributed by atoms with Crippen LogP contribution in [0.15, 0.2) is 54.6 Å². The lowest BCUT2D eigenvalue weighted by atomic mass is 9.87. The first-order chi connectivity index (χ1) is 16.8. The number of amides is 2. The maximum atomic E-state index is 13.7. The van der Waals surface area contributed by atoms with Gasteiger partial charge in [-0.25, -0.2) is 8.42 Å². The summed E-state index contributed by atoms with van der Waals surface area (Å²) in [5.41, 5.74) is 2.25. The predicted molar refractivity (Wildman–Crippen MR) is 146 cm³/mol. The van der Waals surface area contributed by atoms with Crippen LogP contribution in [0, 0.1) is 0 Å². The Morgan fingerprint density at radius 3 is 2.00 bits per heavy atom. The molecule has 36 heavy (non-hydrogen) atoms. The maximum absolute atomic E-state index is 13.7. The SMILES string of the molecule is CC[C@@H](C)NC(=O)[C@H](CC)N(Cc1ccccc1)C(=O)CN(c1ccc(C(C)(C)C)cc1)S(C)(=O)=O. The zero-order chi connectivity index (χ0) is 27.1. The number of nitrogens with one attached hydrogen (secondary N) is 1. The number of anilines is 1. The fraction of sp³-hybridized carbons (Fsp3) is 0.500. The Bertz CT molecular complexity index is 1110. The van der Waals surface area contributed by atoms with E-state index in [-0.39, 0.29) is 23.9 Å². The van der Waals surface area contributed by atoms with Gasteiger partial charge in [0.1, 0.15) is 12.6 Å². The molecule has 2 aromatic rings. The fourth-order valence-electron chi connectivity index (χ4n) is 3.88. The molecule has 198 valence electrons. The summed E-state index contributed by atoms with van der Waals surface area (Å²) >= 11 is 0. The average molecular weight is 516 g/mol. The minimum atomic E-state index is -3.76. The maximum Gasteiger partial charge on any atom is 0.244 e. The molecule has 0 aliphatic carbocycles. The van der Waals surface area contributed by atoms with Crippen LogP contribution in [0.25, 0.3) is 0 Å². The second kappa shape index (κ2) is 12.4. The van der Waals surface area contributed by atoms with E-state index in [4.69, 9.17) is 0 Å². The van der Waals surface area contributed by atoms with Gasteiger partial charge in [-0.2, -0.15) is 0 Å². The molecule has 7 nitrogen and oxygen atoms in total. The lowest BCUT2D eigenvalue weighted by Gasteiger charge is -2.33. The van der Waals surface area contributed by atoms with Crippen molar-refractivity contribution in [3.63, 3.8) is 0 Å². The molecule has 0 aromatic heterocycles. The first-order valence-electron chi connectivity index (χ1n) is 12.5. The number of carbonyl (C=O) groups is 2. The summed E-state index contributed by atoms with van der Waals surface area (Å²) in [6.07, 6.45) is 2.26. The van der Waals surface area contributed by atoms with E-state index >= 15 is 0 Å². The number of hydrogen-bond acceptors (Lipinski definition) is 4. The standard InChI is InChI=1S/C28H41N3O4S/c1-8-21(3)29-27(33)25(9-2)30(19-22-13-11-10-12-14-22)26(32)20-31(36(7,34)35)24-17-15-23(16-18-24)28(4,5)6/h10-18,21,25H,8-9,19-20H2,1-7H3,(H,29,33)/t21-,25+/m1/s1. The number of nitrogens with zero attached hydrogens (tertiary/aromatic N) is 2. The quantitative estimate of drug-likeness (QED) is 0.478. The van der Waals surface area contributed by atoms with Crippen LogP contribution in [0.2, 0.25) is 0 Å². The Morgan fingerprint density at radius 2 is 1.53 bits per heavy atom. The molecular weight excluding hydrogens is 474 g/mol. The topological polar surface area (TPSA) is 86.8 Å². The van der Waals surface area contributed by atoms with Crippen molar-refractivity contribution in [2.24, 2.45) is 0 Å². The molecule has 2 aromatic carbocycles. The molecule has 0 aliphatic rings. The van der Waals surface area contributed by atoms with Crippen LogP contribution >= 0.6 is 0 Å². The first-order valence-corrected chi connectivity index (χ1v) is 14.3. The van der Waals surface area contributed by atoms with Gasteiger partial charge in [-0.05, 0) is 48.4 Å². The Morgan fingerprint density at radius 1 is 0.944 bits per heavy atom. The third kappa shape index (κ3) is 8.08. The van der Waals surface area contributed by atoms with Crippen LogP contribution < -0.4 is 9.62 Å². The van der Waals surface area contributed by atoms with E-state index in [9.17, 15) is 18.0 Å². The number of rotatable bonds is 11. The van der Waals surface area contributed by atoms with E-state index in [2.05, 4.69) is 26.1 Å². The molecule has 2 rings (SSSR count). The van der Waals surface area contributed by atoms with Gasteiger partial charge in [-0.3, -0.25) is 13.9 Å². The highest BCUT2D eigenvalue weighted by atomic mass is 32.2. The second-order valence-electron chi connectivity index (χ2n) is 10.3. The summed E-state index contributed by atoms with van der Waals surface area (Å²) in [6, 6.07) is 15.9. The van der Waals surface area contributed by atoms with Gasteiger partial charge < -0.3 is 10.2 Å². The number of benzene rings is 2. The summed E-state index contributed by atoms with van der Waals surface area (Å²) in [7, 11) is -3.76. The molecule has 0 bridgehead atoms. The number of hydrogen-bond donors (Lipinski definition) is 1. The predicted octanol–water partition coefficient (Wildman–Crippen LogP) is 4.47. The van der Waals surface area contributed by atoms with E-state index in [1.54, 1.807) is 12.1 Å². The minimum absolute atomic E-state index is 0.0333. The second-order valence-corrected chi connectivity index (χ2v) is 12.2. The van der Waals surface area contributed by atoms with Crippen molar-refractivity contribution < 1.29 is 18.0 Å². The largest absolute Gasteiger partial charge is 0.352 e. The molecule has 0 heterocycles. The third-order valence-corrected chi connectivity index (χ3v) is 7.42. The van der Waals surface area contributed by atoms with Crippen molar-refractivity contribution in [2.75, 3.05) is 17.1 Å². The van der Waals surface area contributed by atoms with Crippen molar-refractivity contribution in [3.8, 4) is 0 Å². The van der Waals surface area contributed by atoms with Gasteiger partial charge in [0.15, 0.2) is 0 Å². The van der Waals surface area contributed by atoms with Gasteiger partial charge in [0, 0.05) is 12.6 Å². The van der Waals surface area contributed by atoms with Gasteiger partial charge in [-0.15, -0.1) is 0 Å². The van der Waals surface area contributed by atoms with Crippen LogP contribution in [0.5, 0.6) is 0 Å². The van der Waals surface area contributed by atoms with Crippen LogP contribution in [0.4, 0.5) is 5.69 Å². The van der Waals surface area contributed by atoms with Gasteiger partial charge >= 0.3 is 0 Å². The fourth-order valence-corrected chi connectivity index (χ4v) is 4.73. The van der Waals surface area contributed by atoms with Gasteiger partial charge in [0.05, 0.1) is 11.9 Å². The van der Waals surface area contributed by atoms with Gasteiger partial charge in [-0.1, -0.05) is 77.1 Å². The Hall–Kier alpha value is -2.87. The van der Waals surface area contributed by atoms with Crippen LogP contribution in [0.1, 0.15) is 65.5 Å². The van der Waals surface area contributed by atoms with E-state index in [1.807, 2.05) is 63.2 Å². The molecule has 8 heteroatoms. The summed E-state index contributed by atoms with van der Waals surface area (Å²) in [4.78, 5) is 28.3. The summed E-state index contributed by atoms with van der Waals surface area (Å²) in [5, 5.41) is 2.97. The zero-order valence-electron chi connectivity index (χ0n) is 22.6. The minimum Gasteiger partial charge on any atom is -0.352 e. The normalized spacial score (nSPS) is 13.5. The van der Waals surface area contributed by atoms with Crippen molar-refractivity contribution in [1.82, 2.24) is 10.2 Å². The van der Waals surface area contributed by atoms with Crippen molar-refractivity contribution >= 4 is 27.5 Å². The van der Waals surface area contributed by atoms with E-state index in [0.29, 0.717) is 12.1 Å².